The zero-order chi connectivity index (χ0) is 33.2. The molecule has 3 heterocycles. The third-order valence-electron chi connectivity index (χ3n) is 13.4. The number of hydrogen-bond donors (Lipinski definition) is 0. The van der Waals surface area contributed by atoms with Crippen molar-refractivity contribution in [3.05, 3.63) is 144 Å². The van der Waals surface area contributed by atoms with Gasteiger partial charge >= 0.3 is 0 Å². The predicted octanol–water partition coefficient (Wildman–Crippen LogP) is 11.6. The lowest BCUT2D eigenvalue weighted by atomic mass is 9.43. The largest absolute Gasteiger partial charge is 0.457 e. The first-order valence-corrected chi connectivity index (χ1v) is 18.6. The molecule has 6 aromatic rings. The van der Waals surface area contributed by atoms with Gasteiger partial charge in [0.15, 0.2) is 0 Å². The third kappa shape index (κ3) is 3.87. The Bertz CT molecular complexity index is 2250. The van der Waals surface area contributed by atoms with Crippen molar-refractivity contribution >= 4 is 0 Å². The first kappa shape index (κ1) is 28.8. The van der Waals surface area contributed by atoms with Gasteiger partial charge in [0.2, 0.25) is 0 Å². The van der Waals surface area contributed by atoms with E-state index in [1.165, 1.54) is 71.0 Å². The standard InChI is InChI=1S/C47H40N2O/c1-46(2)37-10-6-7-11-42(37)50-43-15-14-38-44(45(43)46)36-13-12-32(25-39(36)47(38)34-21-28-20-29(23-34)24-35(47)22-28)41-27-33(30-8-4-3-5-9-30)26-40(49-41)31-16-18-48-19-17-31/h3-19,25-29,34-35H,20-24H2,1-2H3. The molecule has 4 fully saturated rings. The summed E-state index contributed by atoms with van der Waals surface area (Å²) < 4.78 is 6.74. The fourth-order valence-corrected chi connectivity index (χ4v) is 11.6. The number of hydrogen-bond acceptors (Lipinski definition) is 3. The lowest BCUT2D eigenvalue weighted by Gasteiger charge is -2.61. The normalized spacial score (nSPS) is 25.8. The molecule has 0 saturated heterocycles. The van der Waals surface area contributed by atoms with E-state index in [0.717, 1.165) is 40.3 Å². The SMILES string of the molecule is CC1(C)c2ccccc2Oc2ccc3c(c21)-c1ccc(-c2cc(-c4ccccc4)cc(-c4ccncc4)n2)cc1C31C2CC3CC(C2)CC1C3. The topological polar surface area (TPSA) is 35.0 Å². The maximum absolute atomic E-state index is 6.74. The molecule has 0 amide bonds. The van der Waals surface area contributed by atoms with E-state index in [2.05, 4.69) is 128 Å². The van der Waals surface area contributed by atoms with Crippen LogP contribution < -0.4 is 4.74 Å². The van der Waals surface area contributed by atoms with Gasteiger partial charge in [-0.1, -0.05) is 80.6 Å². The van der Waals surface area contributed by atoms with E-state index in [1.54, 1.807) is 11.1 Å². The molecule has 6 aliphatic rings. The van der Waals surface area contributed by atoms with Crippen LogP contribution in [-0.2, 0) is 10.8 Å². The van der Waals surface area contributed by atoms with E-state index in [4.69, 9.17) is 9.72 Å². The van der Waals surface area contributed by atoms with Crippen molar-refractivity contribution in [3.63, 3.8) is 0 Å². The van der Waals surface area contributed by atoms with Crippen molar-refractivity contribution in [2.24, 2.45) is 23.7 Å². The molecule has 5 aliphatic carbocycles. The quantitative estimate of drug-likeness (QED) is 0.192. The van der Waals surface area contributed by atoms with Crippen molar-refractivity contribution in [3.8, 4) is 56.3 Å². The third-order valence-corrected chi connectivity index (χ3v) is 13.4. The molecule has 0 unspecified atom stereocenters. The molecule has 1 spiro atoms. The summed E-state index contributed by atoms with van der Waals surface area (Å²) in [4.78, 5) is 9.66. The van der Waals surface area contributed by atoms with Gasteiger partial charge in [0, 0.05) is 45.5 Å². The molecule has 4 bridgehead atoms. The molecule has 244 valence electrons. The van der Waals surface area contributed by atoms with Gasteiger partial charge in [0.1, 0.15) is 11.5 Å². The van der Waals surface area contributed by atoms with Gasteiger partial charge in [-0.25, -0.2) is 4.98 Å². The molecular formula is C47H40N2O. The maximum atomic E-state index is 6.74. The lowest BCUT2D eigenvalue weighted by molar-refractivity contribution is -0.0399. The summed E-state index contributed by atoms with van der Waals surface area (Å²) in [7, 11) is 0. The Kier molecular flexibility index (Phi) is 5.91. The number of rotatable bonds is 3. The number of aromatic nitrogens is 2. The van der Waals surface area contributed by atoms with Crippen LogP contribution in [0.2, 0.25) is 0 Å². The summed E-state index contributed by atoms with van der Waals surface area (Å²) in [6.07, 6.45) is 10.6. The average molecular weight is 649 g/mol. The van der Waals surface area contributed by atoms with Gasteiger partial charge in [-0.3, -0.25) is 4.98 Å². The van der Waals surface area contributed by atoms with Crippen molar-refractivity contribution < 1.29 is 4.74 Å². The predicted molar refractivity (Wildman–Crippen MR) is 200 cm³/mol. The molecule has 0 radical (unpaired) electrons. The number of ether oxygens (including phenoxy) is 1. The first-order chi connectivity index (χ1) is 24.5. The molecule has 3 nitrogen and oxygen atoms in total. The van der Waals surface area contributed by atoms with Crippen LogP contribution in [0.15, 0.2) is 122 Å². The van der Waals surface area contributed by atoms with Crippen LogP contribution in [0, 0.1) is 23.7 Å². The van der Waals surface area contributed by atoms with Crippen LogP contribution in [0.4, 0.5) is 0 Å². The summed E-state index contributed by atoms with van der Waals surface area (Å²) >= 11 is 0. The van der Waals surface area contributed by atoms with Crippen molar-refractivity contribution in [2.45, 2.75) is 56.8 Å². The van der Waals surface area contributed by atoms with E-state index in [1.807, 2.05) is 12.4 Å². The Balaban J connectivity index is 1.16. The van der Waals surface area contributed by atoms with Gasteiger partial charge in [-0.15, -0.1) is 0 Å². The molecule has 12 rings (SSSR count). The molecule has 50 heavy (non-hydrogen) atoms. The zero-order valence-corrected chi connectivity index (χ0v) is 28.7. The minimum absolute atomic E-state index is 0.0289. The summed E-state index contributed by atoms with van der Waals surface area (Å²) in [5.74, 6) is 5.11. The molecule has 1 aliphatic heterocycles. The maximum Gasteiger partial charge on any atom is 0.132 e. The summed E-state index contributed by atoms with van der Waals surface area (Å²) in [6.45, 7) is 4.81. The van der Waals surface area contributed by atoms with Gasteiger partial charge < -0.3 is 4.74 Å². The smallest absolute Gasteiger partial charge is 0.132 e. The second-order valence-electron chi connectivity index (χ2n) is 16.2. The zero-order valence-electron chi connectivity index (χ0n) is 28.7. The molecule has 2 aromatic heterocycles. The van der Waals surface area contributed by atoms with Crippen LogP contribution in [0.25, 0.3) is 44.8 Å². The molecule has 0 N–H and O–H groups in total. The van der Waals surface area contributed by atoms with Gasteiger partial charge in [-0.05, 0) is 132 Å². The highest BCUT2D eigenvalue weighted by Crippen LogP contribution is 2.71. The fraction of sp³-hybridized carbons (Fsp3) is 0.277. The number of benzene rings is 4. The first-order valence-electron chi connectivity index (χ1n) is 18.6. The second kappa shape index (κ2) is 10.3. The molecule has 3 heteroatoms. The summed E-state index contributed by atoms with van der Waals surface area (Å²) in [5.41, 5.74) is 15.1. The second-order valence-corrected chi connectivity index (χ2v) is 16.2. The fourth-order valence-electron chi connectivity index (χ4n) is 11.6. The van der Waals surface area contributed by atoms with Gasteiger partial charge in [-0.2, -0.15) is 0 Å². The van der Waals surface area contributed by atoms with Crippen LogP contribution in [0.1, 0.15) is 68.2 Å². The summed E-state index contributed by atoms with van der Waals surface area (Å²) in [5, 5.41) is 0. The van der Waals surface area contributed by atoms with E-state index < -0.39 is 0 Å². The number of nitrogens with zero attached hydrogens (tertiary/aromatic N) is 2. The van der Waals surface area contributed by atoms with E-state index in [9.17, 15) is 0 Å². The number of fused-ring (bicyclic) bond motifs is 6. The minimum Gasteiger partial charge on any atom is -0.457 e. The monoisotopic (exact) mass is 648 g/mol. The van der Waals surface area contributed by atoms with Gasteiger partial charge in [0.25, 0.3) is 0 Å². The highest BCUT2D eigenvalue weighted by atomic mass is 16.5. The number of pyridine rings is 2. The lowest BCUT2D eigenvalue weighted by Crippen LogP contribution is -2.55. The molecular weight excluding hydrogens is 609 g/mol. The van der Waals surface area contributed by atoms with E-state index in [-0.39, 0.29) is 10.8 Å². The molecule has 4 aromatic carbocycles. The Hall–Kier alpha value is -5.02. The Morgan fingerprint density at radius 1 is 0.560 bits per heavy atom. The van der Waals surface area contributed by atoms with Crippen molar-refractivity contribution in [2.75, 3.05) is 0 Å². The van der Waals surface area contributed by atoms with E-state index in [0.29, 0.717) is 11.8 Å². The average Bonchev–Trinajstić information content (AvgIpc) is 3.44. The van der Waals surface area contributed by atoms with Crippen LogP contribution in [-0.4, -0.2) is 9.97 Å². The van der Waals surface area contributed by atoms with E-state index >= 15 is 0 Å². The Morgan fingerprint density at radius 3 is 2.02 bits per heavy atom. The van der Waals surface area contributed by atoms with Crippen LogP contribution in [0.3, 0.4) is 0 Å². The van der Waals surface area contributed by atoms with Gasteiger partial charge in [0.05, 0.1) is 11.4 Å². The van der Waals surface area contributed by atoms with Crippen LogP contribution in [0.5, 0.6) is 11.5 Å². The number of para-hydroxylation sites is 1. The van der Waals surface area contributed by atoms with Crippen LogP contribution >= 0.6 is 0 Å². The highest BCUT2D eigenvalue weighted by Gasteiger charge is 2.62. The highest BCUT2D eigenvalue weighted by molar-refractivity contribution is 5.90. The molecule has 4 saturated carbocycles. The Morgan fingerprint density at radius 2 is 1.26 bits per heavy atom. The van der Waals surface area contributed by atoms with Crippen molar-refractivity contribution in [1.29, 1.82) is 0 Å². The van der Waals surface area contributed by atoms with Crippen molar-refractivity contribution in [1.82, 2.24) is 9.97 Å². The Labute approximate surface area is 294 Å². The molecule has 0 atom stereocenters. The summed E-state index contributed by atoms with van der Waals surface area (Å²) in [6, 6.07) is 40.2. The minimum atomic E-state index is -0.187.